The number of para-hydroxylation sites is 1. The van der Waals surface area contributed by atoms with Crippen LogP contribution in [0.3, 0.4) is 0 Å². The summed E-state index contributed by atoms with van der Waals surface area (Å²) < 4.78 is 53.1. The summed E-state index contributed by atoms with van der Waals surface area (Å²) in [6, 6.07) is 4.04. The van der Waals surface area contributed by atoms with E-state index >= 15 is 0 Å². The Morgan fingerprint density at radius 2 is 2.10 bits per heavy atom. The van der Waals surface area contributed by atoms with E-state index in [9.17, 15) is 22.4 Å². The third kappa shape index (κ3) is 2.37. The molecule has 1 saturated heterocycles. The third-order valence-electron chi connectivity index (χ3n) is 3.59. The van der Waals surface area contributed by atoms with Gasteiger partial charge in [-0.2, -0.15) is 13.2 Å². The molecule has 2 N–H and O–H groups in total. The van der Waals surface area contributed by atoms with Gasteiger partial charge in [-0.05, 0) is 31.5 Å². The van der Waals surface area contributed by atoms with E-state index in [2.05, 4.69) is 10.6 Å². The van der Waals surface area contributed by atoms with Crippen molar-refractivity contribution >= 4 is 11.6 Å². The number of halogens is 4. The number of nitrogens with one attached hydrogen (secondary N) is 2. The first-order valence-electron chi connectivity index (χ1n) is 6.12. The van der Waals surface area contributed by atoms with Crippen LogP contribution in [-0.2, 0) is 4.79 Å². The molecule has 0 spiro atoms. The zero-order chi connectivity index (χ0) is 15.0. The second kappa shape index (κ2) is 5.05. The molecule has 1 aliphatic rings. The topological polar surface area (TPSA) is 41.1 Å². The maximum atomic E-state index is 13.6. The maximum absolute atomic E-state index is 13.6. The van der Waals surface area contributed by atoms with E-state index in [1.807, 2.05) is 0 Å². The molecule has 7 heteroatoms. The minimum Gasteiger partial charge on any atom is -0.323 e. The first-order valence-corrected chi connectivity index (χ1v) is 6.12. The van der Waals surface area contributed by atoms with Crippen molar-refractivity contribution in [1.82, 2.24) is 5.32 Å². The number of hydrogen-bond donors (Lipinski definition) is 2. The molecule has 1 unspecified atom stereocenters. The Bertz CT molecular complexity index is 501. The summed E-state index contributed by atoms with van der Waals surface area (Å²) in [5, 5.41) is 4.63. The minimum atomic E-state index is -4.68. The molecule has 1 aromatic carbocycles. The van der Waals surface area contributed by atoms with Gasteiger partial charge in [0.25, 0.3) is 0 Å². The number of anilines is 1. The van der Waals surface area contributed by atoms with E-state index in [4.69, 9.17) is 0 Å². The molecule has 0 radical (unpaired) electrons. The van der Waals surface area contributed by atoms with E-state index in [1.54, 1.807) is 0 Å². The van der Waals surface area contributed by atoms with Gasteiger partial charge < -0.3 is 10.6 Å². The summed E-state index contributed by atoms with van der Waals surface area (Å²) in [6.07, 6.45) is -5.03. The van der Waals surface area contributed by atoms with Gasteiger partial charge in [-0.25, -0.2) is 4.39 Å². The maximum Gasteiger partial charge on any atom is 0.404 e. The van der Waals surface area contributed by atoms with Crippen LogP contribution in [0, 0.1) is 18.2 Å². The van der Waals surface area contributed by atoms with Crippen molar-refractivity contribution in [3.63, 3.8) is 0 Å². The monoisotopic (exact) mass is 290 g/mol. The highest BCUT2D eigenvalue weighted by Crippen LogP contribution is 2.44. The van der Waals surface area contributed by atoms with Gasteiger partial charge in [0.15, 0.2) is 5.41 Å². The van der Waals surface area contributed by atoms with Crippen LogP contribution in [0.15, 0.2) is 18.2 Å². The summed E-state index contributed by atoms with van der Waals surface area (Å²) in [6.45, 7) is 1.13. The molecule has 1 fully saturated rings. The van der Waals surface area contributed by atoms with E-state index in [0.717, 1.165) is 6.07 Å². The lowest BCUT2D eigenvalue weighted by Gasteiger charge is -2.29. The van der Waals surface area contributed by atoms with Crippen LogP contribution in [-0.4, -0.2) is 25.2 Å². The van der Waals surface area contributed by atoms with Crippen molar-refractivity contribution in [3.05, 3.63) is 29.6 Å². The quantitative estimate of drug-likeness (QED) is 0.822. The van der Waals surface area contributed by atoms with Crippen LogP contribution in [0.1, 0.15) is 12.0 Å². The lowest BCUT2D eigenvalue weighted by molar-refractivity contribution is -0.213. The molecule has 20 heavy (non-hydrogen) atoms. The van der Waals surface area contributed by atoms with Crippen LogP contribution in [0.25, 0.3) is 0 Å². The van der Waals surface area contributed by atoms with Gasteiger partial charge in [0.05, 0.1) is 5.69 Å². The van der Waals surface area contributed by atoms with Crippen molar-refractivity contribution in [2.45, 2.75) is 19.5 Å². The van der Waals surface area contributed by atoms with E-state index in [1.165, 1.54) is 19.1 Å². The number of carbonyl (C=O) groups is 1. The molecule has 0 aliphatic carbocycles. The lowest BCUT2D eigenvalue weighted by Crippen LogP contribution is -2.49. The number of amides is 1. The average molecular weight is 290 g/mol. The summed E-state index contributed by atoms with van der Waals surface area (Å²) in [5.41, 5.74) is -2.32. The molecule has 0 aromatic heterocycles. The van der Waals surface area contributed by atoms with Gasteiger partial charge in [-0.1, -0.05) is 12.1 Å². The molecule has 110 valence electrons. The van der Waals surface area contributed by atoms with Gasteiger partial charge in [0, 0.05) is 6.54 Å². The predicted molar refractivity (Wildman–Crippen MR) is 65.7 cm³/mol. The largest absolute Gasteiger partial charge is 0.404 e. The predicted octanol–water partition coefficient (Wildman–Crippen LogP) is 2.61. The highest BCUT2D eigenvalue weighted by Gasteiger charge is 2.61. The molecule has 0 bridgehead atoms. The fourth-order valence-corrected chi connectivity index (χ4v) is 2.28. The molecular formula is C13H14F4N2O. The van der Waals surface area contributed by atoms with Gasteiger partial charge in [-0.15, -0.1) is 0 Å². The molecule has 3 nitrogen and oxygen atoms in total. The smallest absolute Gasteiger partial charge is 0.323 e. The minimum absolute atomic E-state index is 0.100. The second-order valence-electron chi connectivity index (χ2n) is 4.89. The van der Waals surface area contributed by atoms with Crippen molar-refractivity contribution in [2.24, 2.45) is 5.41 Å². The second-order valence-corrected chi connectivity index (χ2v) is 4.89. The molecule has 2 rings (SSSR count). The van der Waals surface area contributed by atoms with Crippen molar-refractivity contribution < 1.29 is 22.4 Å². The molecule has 0 saturated carbocycles. The summed E-state index contributed by atoms with van der Waals surface area (Å²) in [4.78, 5) is 12.1. The van der Waals surface area contributed by atoms with Crippen molar-refractivity contribution in [1.29, 1.82) is 0 Å². The zero-order valence-electron chi connectivity index (χ0n) is 10.8. The van der Waals surface area contributed by atoms with E-state index in [0.29, 0.717) is 5.56 Å². The fourth-order valence-electron chi connectivity index (χ4n) is 2.28. The molecule has 1 atom stereocenters. The summed E-state index contributed by atoms with van der Waals surface area (Å²) in [5.74, 6) is -1.97. The van der Waals surface area contributed by atoms with Crippen LogP contribution in [0.2, 0.25) is 0 Å². The lowest BCUT2D eigenvalue weighted by atomic mass is 9.85. The van der Waals surface area contributed by atoms with Gasteiger partial charge in [-0.3, -0.25) is 4.79 Å². The Kier molecular flexibility index (Phi) is 3.73. The number of benzene rings is 1. The Hall–Kier alpha value is -1.63. The highest BCUT2D eigenvalue weighted by atomic mass is 19.4. The van der Waals surface area contributed by atoms with Crippen LogP contribution < -0.4 is 10.6 Å². The van der Waals surface area contributed by atoms with Gasteiger partial charge in [0.2, 0.25) is 5.91 Å². The SMILES string of the molecule is Cc1cccc(F)c1NC(=O)C1(C(F)(F)F)CCNC1. The summed E-state index contributed by atoms with van der Waals surface area (Å²) in [7, 11) is 0. The fraction of sp³-hybridized carbons (Fsp3) is 0.462. The summed E-state index contributed by atoms with van der Waals surface area (Å²) >= 11 is 0. The zero-order valence-corrected chi connectivity index (χ0v) is 10.8. The molecule has 1 amide bonds. The Morgan fingerprint density at radius 1 is 1.40 bits per heavy atom. The Labute approximate surface area is 113 Å². The molecule has 1 aromatic rings. The number of alkyl halides is 3. The first kappa shape index (κ1) is 14.8. The van der Waals surface area contributed by atoms with Crippen LogP contribution in [0.4, 0.5) is 23.2 Å². The van der Waals surface area contributed by atoms with Crippen LogP contribution in [0.5, 0.6) is 0 Å². The van der Waals surface area contributed by atoms with Crippen LogP contribution >= 0.6 is 0 Å². The highest BCUT2D eigenvalue weighted by molar-refractivity contribution is 5.97. The van der Waals surface area contributed by atoms with Crippen molar-refractivity contribution in [3.8, 4) is 0 Å². The van der Waals surface area contributed by atoms with Gasteiger partial charge in [0.1, 0.15) is 5.82 Å². The van der Waals surface area contributed by atoms with E-state index in [-0.39, 0.29) is 18.7 Å². The number of rotatable bonds is 2. The number of carbonyl (C=O) groups excluding carboxylic acids is 1. The Morgan fingerprint density at radius 3 is 2.60 bits per heavy atom. The number of aryl methyl sites for hydroxylation is 1. The van der Waals surface area contributed by atoms with Crippen molar-refractivity contribution in [2.75, 3.05) is 18.4 Å². The molecule has 1 heterocycles. The Balaban J connectivity index is 2.31. The van der Waals surface area contributed by atoms with E-state index < -0.39 is 29.9 Å². The average Bonchev–Trinajstić information content (AvgIpc) is 2.83. The molecular weight excluding hydrogens is 276 g/mol. The third-order valence-corrected chi connectivity index (χ3v) is 3.59. The standard InChI is InChI=1S/C13H14F4N2O/c1-8-3-2-4-9(14)10(8)19-11(20)12(13(15,16)17)5-6-18-7-12/h2-4,18H,5-7H2,1H3,(H,19,20). The molecule has 1 aliphatic heterocycles. The normalized spacial score (nSPS) is 22.9. The first-order chi connectivity index (χ1) is 9.28. The van der Waals surface area contributed by atoms with Gasteiger partial charge >= 0.3 is 6.18 Å². The number of hydrogen-bond acceptors (Lipinski definition) is 2.